The molecule has 94 valence electrons. The monoisotopic (exact) mass is 245 g/mol. The van der Waals surface area contributed by atoms with Crippen molar-refractivity contribution in [3.05, 3.63) is 29.8 Å². The number of ether oxygens (including phenoxy) is 1. The first kappa shape index (κ1) is 11.3. The van der Waals surface area contributed by atoms with E-state index in [2.05, 4.69) is 5.32 Å². The lowest BCUT2D eigenvalue weighted by Gasteiger charge is -2.11. The second-order valence-electron chi connectivity index (χ2n) is 4.85. The minimum Gasteiger partial charge on any atom is -0.481 e. The Kier molecular flexibility index (Phi) is 2.78. The maximum atomic E-state index is 11.8. The Balaban J connectivity index is 1.67. The molecule has 4 nitrogen and oxygen atoms in total. The van der Waals surface area contributed by atoms with Crippen LogP contribution in [-0.2, 0) is 4.79 Å². The number of amides is 1. The summed E-state index contributed by atoms with van der Waals surface area (Å²) in [6.07, 6.45) is 2.33. The molecule has 1 aliphatic heterocycles. The fourth-order valence-electron chi connectivity index (χ4n) is 2.13. The molecule has 2 fully saturated rings. The maximum Gasteiger partial charge on any atom is 0.261 e. The van der Waals surface area contributed by atoms with Crippen LogP contribution in [-0.4, -0.2) is 24.3 Å². The predicted molar refractivity (Wildman–Crippen MR) is 65.5 cm³/mol. The summed E-state index contributed by atoms with van der Waals surface area (Å²) < 4.78 is 5.58. The normalized spacial score (nSPS) is 22.7. The number of hydrogen-bond donors (Lipinski definition) is 1. The third-order valence-electron chi connectivity index (χ3n) is 3.36. The van der Waals surface area contributed by atoms with Gasteiger partial charge in [-0.3, -0.25) is 9.59 Å². The molecule has 0 unspecified atom stereocenters. The molecular weight excluding hydrogens is 230 g/mol. The first-order chi connectivity index (χ1) is 8.74. The molecule has 1 aliphatic carbocycles. The molecule has 4 heteroatoms. The average molecular weight is 245 g/mol. The number of nitrogens with one attached hydrogen (secondary N) is 1. The highest BCUT2D eigenvalue weighted by atomic mass is 16.5. The second kappa shape index (κ2) is 4.44. The smallest absolute Gasteiger partial charge is 0.261 e. The van der Waals surface area contributed by atoms with Crippen LogP contribution in [0.4, 0.5) is 0 Å². The van der Waals surface area contributed by atoms with E-state index in [0.29, 0.717) is 18.7 Å². The van der Waals surface area contributed by atoms with Crippen molar-refractivity contribution in [3.63, 3.8) is 0 Å². The van der Waals surface area contributed by atoms with Crippen LogP contribution in [0.15, 0.2) is 24.3 Å². The molecule has 0 aromatic heterocycles. The summed E-state index contributed by atoms with van der Waals surface area (Å²) in [7, 11) is 0. The third kappa shape index (κ3) is 2.23. The zero-order valence-electron chi connectivity index (χ0n) is 10.0. The zero-order valence-corrected chi connectivity index (χ0v) is 10.0. The summed E-state index contributed by atoms with van der Waals surface area (Å²) in [6.45, 7) is 0.668. The van der Waals surface area contributed by atoms with E-state index in [4.69, 9.17) is 4.74 Å². The number of rotatable bonds is 4. The Labute approximate surface area is 105 Å². The Hall–Kier alpha value is -1.84. The molecule has 1 amide bonds. The molecule has 18 heavy (non-hydrogen) atoms. The van der Waals surface area contributed by atoms with Crippen molar-refractivity contribution >= 4 is 11.7 Å². The molecule has 1 heterocycles. The Morgan fingerprint density at radius 3 is 2.44 bits per heavy atom. The van der Waals surface area contributed by atoms with E-state index in [1.54, 1.807) is 24.3 Å². The van der Waals surface area contributed by atoms with Gasteiger partial charge in [0.05, 0.1) is 0 Å². The summed E-state index contributed by atoms with van der Waals surface area (Å²) in [5.41, 5.74) is 0.737. The molecule has 0 spiro atoms. The van der Waals surface area contributed by atoms with Crippen LogP contribution in [0, 0.1) is 5.92 Å². The van der Waals surface area contributed by atoms with Crippen molar-refractivity contribution in [2.24, 2.45) is 5.92 Å². The molecule has 1 atom stereocenters. The van der Waals surface area contributed by atoms with Crippen LogP contribution in [0.25, 0.3) is 0 Å². The molecule has 1 aromatic carbocycles. The third-order valence-corrected chi connectivity index (χ3v) is 3.36. The SMILES string of the molecule is O=C(c1ccc(O[C@@H]2CCNC2=O)cc1)C1CC1. The van der Waals surface area contributed by atoms with Crippen molar-refractivity contribution in [1.82, 2.24) is 5.32 Å². The molecule has 0 radical (unpaired) electrons. The quantitative estimate of drug-likeness (QED) is 0.819. The first-order valence-electron chi connectivity index (χ1n) is 6.33. The Morgan fingerprint density at radius 1 is 1.17 bits per heavy atom. The van der Waals surface area contributed by atoms with Gasteiger partial charge in [-0.2, -0.15) is 0 Å². The highest BCUT2D eigenvalue weighted by molar-refractivity contribution is 5.99. The molecule has 1 saturated heterocycles. The van der Waals surface area contributed by atoms with Gasteiger partial charge in [0.2, 0.25) is 0 Å². The van der Waals surface area contributed by atoms with Crippen molar-refractivity contribution in [2.75, 3.05) is 6.54 Å². The first-order valence-corrected chi connectivity index (χ1v) is 6.33. The van der Waals surface area contributed by atoms with Gasteiger partial charge in [0.15, 0.2) is 11.9 Å². The average Bonchev–Trinajstić information content (AvgIpc) is 3.16. The largest absolute Gasteiger partial charge is 0.481 e. The van der Waals surface area contributed by atoms with Crippen LogP contribution in [0.1, 0.15) is 29.6 Å². The van der Waals surface area contributed by atoms with Crippen molar-refractivity contribution < 1.29 is 14.3 Å². The summed E-state index contributed by atoms with van der Waals surface area (Å²) in [6, 6.07) is 7.09. The molecule has 1 saturated carbocycles. The van der Waals surface area contributed by atoms with Crippen LogP contribution < -0.4 is 10.1 Å². The van der Waals surface area contributed by atoms with Crippen molar-refractivity contribution in [3.8, 4) is 5.75 Å². The molecule has 1 N–H and O–H groups in total. The van der Waals surface area contributed by atoms with Crippen molar-refractivity contribution in [1.29, 1.82) is 0 Å². The van der Waals surface area contributed by atoms with Gasteiger partial charge in [0.1, 0.15) is 5.75 Å². The highest BCUT2D eigenvalue weighted by Crippen LogP contribution is 2.33. The van der Waals surface area contributed by atoms with E-state index in [9.17, 15) is 9.59 Å². The van der Waals surface area contributed by atoms with E-state index >= 15 is 0 Å². The fraction of sp³-hybridized carbons (Fsp3) is 0.429. The number of hydrogen-bond acceptors (Lipinski definition) is 3. The van der Waals surface area contributed by atoms with Gasteiger partial charge in [-0.1, -0.05) is 0 Å². The van der Waals surface area contributed by atoms with Gasteiger partial charge in [-0.25, -0.2) is 0 Å². The van der Waals surface area contributed by atoms with Gasteiger partial charge < -0.3 is 10.1 Å². The summed E-state index contributed by atoms with van der Waals surface area (Å²) in [5.74, 6) is 1.04. The van der Waals surface area contributed by atoms with E-state index in [0.717, 1.165) is 18.4 Å². The van der Waals surface area contributed by atoms with Gasteiger partial charge in [0.25, 0.3) is 5.91 Å². The number of carbonyl (C=O) groups is 2. The van der Waals surface area contributed by atoms with Gasteiger partial charge >= 0.3 is 0 Å². The topological polar surface area (TPSA) is 55.4 Å². The highest BCUT2D eigenvalue weighted by Gasteiger charge is 2.30. The second-order valence-corrected chi connectivity index (χ2v) is 4.85. The number of carbonyl (C=O) groups excluding carboxylic acids is 2. The molecule has 1 aromatic rings. The summed E-state index contributed by atoms with van der Waals surface area (Å²) in [4.78, 5) is 23.2. The van der Waals surface area contributed by atoms with E-state index in [1.807, 2.05) is 0 Å². The fourth-order valence-corrected chi connectivity index (χ4v) is 2.13. The number of benzene rings is 1. The van der Waals surface area contributed by atoms with Gasteiger partial charge in [-0.05, 0) is 37.1 Å². The minimum absolute atomic E-state index is 0.0619. The van der Waals surface area contributed by atoms with Crippen LogP contribution in [0.5, 0.6) is 5.75 Å². The van der Waals surface area contributed by atoms with Crippen LogP contribution in [0.3, 0.4) is 0 Å². The molecule has 3 rings (SSSR count). The van der Waals surface area contributed by atoms with Crippen LogP contribution >= 0.6 is 0 Å². The van der Waals surface area contributed by atoms with Gasteiger partial charge in [0, 0.05) is 24.4 Å². The van der Waals surface area contributed by atoms with Crippen LogP contribution in [0.2, 0.25) is 0 Å². The number of ketones is 1. The van der Waals surface area contributed by atoms with E-state index < -0.39 is 6.10 Å². The minimum atomic E-state index is -0.394. The maximum absolute atomic E-state index is 11.8. The molecular formula is C14H15NO3. The molecule has 2 aliphatic rings. The lowest BCUT2D eigenvalue weighted by molar-refractivity contribution is -0.124. The zero-order chi connectivity index (χ0) is 12.5. The van der Waals surface area contributed by atoms with Crippen molar-refractivity contribution in [2.45, 2.75) is 25.4 Å². The summed E-state index contributed by atoms with van der Waals surface area (Å²) in [5, 5.41) is 2.72. The Bertz CT molecular complexity index is 476. The standard InChI is InChI=1S/C14H15NO3/c16-13(9-1-2-9)10-3-5-11(6-4-10)18-12-7-8-15-14(12)17/h3-6,9,12H,1-2,7-8H2,(H,15,17)/t12-/m1/s1. The van der Waals surface area contributed by atoms with E-state index in [1.165, 1.54) is 0 Å². The Morgan fingerprint density at radius 2 is 1.89 bits per heavy atom. The number of Topliss-reactive ketones (excluding diaryl/α,β-unsaturated/α-hetero) is 1. The summed E-state index contributed by atoms with van der Waals surface area (Å²) >= 11 is 0. The lowest BCUT2D eigenvalue weighted by atomic mass is 10.1. The molecule has 0 bridgehead atoms. The predicted octanol–water partition coefficient (Wildman–Crippen LogP) is 1.55. The van der Waals surface area contributed by atoms with E-state index in [-0.39, 0.29) is 17.6 Å². The van der Waals surface area contributed by atoms with Gasteiger partial charge in [-0.15, -0.1) is 0 Å². The lowest BCUT2D eigenvalue weighted by Crippen LogP contribution is -2.27.